The molecule has 1 amide bonds. The predicted octanol–water partition coefficient (Wildman–Crippen LogP) is 0.979. The number of aromatic nitrogens is 5. The molecule has 2 aromatic heterocycles. The zero-order valence-electron chi connectivity index (χ0n) is 11.2. The summed E-state index contributed by atoms with van der Waals surface area (Å²) in [6.07, 6.45) is 4.85. The SMILES string of the molecule is O=C(NCc1cn[nH]n1)c1cnn(Cc2ccccc2)c1. The summed E-state index contributed by atoms with van der Waals surface area (Å²) in [5, 5.41) is 17.0. The minimum atomic E-state index is -0.183. The van der Waals surface area contributed by atoms with Crippen molar-refractivity contribution in [1.82, 2.24) is 30.5 Å². The summed E-state index contributed by atoms with van der Waals surface area (Å²) in [6.45, 7) is 0.969. The van der Waals surface area contributed by atoms with Crippen LogP contribution in [0.1, 0.15) is 21.6 Å². The second-order valence-electron chi connectivity index (χ2n) is 4.56. The van der Waals surface area contributed by atoms with E-state index in [0.717, 1.165) is 5.56 Å². The topological polar surface area (TPSA) is 88.5 Å². The van der Waals surface area contributed by atoms with Gasteiger partial charge in [-0.1, -0.05) is 30.3 Å². The molecule has 0 unspecified atom stereocenters. The van der Waals surface area contributed by atoms with E-state index in [1.54, 1.807) is 23.3 Å². The zero-order chi connectivity index (χ0) is 14.5. The van der Waals surface area contributed by atoms with Crippen LogP contribution in [0.2, 0.25) is 0 Å². The molecule has 3 rings (SSSR count). The summed E-state index contributed by atoms with van der Waals surface area (Å²) < 4.78 is 1.74. The average Bonchev–Trinajstić information content (AvgIpc) is 3.17. The largest absolute Gasteiger partial charge is 0.346 e. The maximum atomic E-state index is 12.0. The van der Waals surface area contributed by atoms with Crippen LogP contribution in [-0.4, -0.2) is 31.1 Å². The number of hydrogen-bond acceptors (Lipinski definition) is 4. The molecule has 0 aliphatic heterocycles. The third-order valence-corrected chi connectivity index (χ3v) is 2.98. The van der Waals surface area contributed by atoms with Gasteiger partial charge in [-0.15, -0.1) is 0 Å². The van der Waals surface area contributed by atoms with Crippen molar-refractivity contribution in [3.05, 3.63) is 65.7 Å². The van der Waals surface area contributed by atoms with Gasteiger partial charge in [0.1, 0.15) is 5.69 Å². The number of rotatable bonds is 5. The zero-order valence-corrected chi connectivity index (χ0v) is 11.2. The summed E-state index contributed by atoms with van der Waals surface area (Å²) in [4.78, 5) is 12.0. The Morgan fingerprint density at radius 3 is 2.86 bits per heavy atom. The van der Waals surface area contributed by atoms with Gasteiger partial charge < -0.3 is 5.32 Å². The molecule has 7 nitrogen and oxygen atoms in total. The number of aromatic amines is 1. The molecule has 106 valence electrons. The lowest BCUT2D eigenvalue weighted by Gasteiger charge is -2.01. The summed E-state index contributed by atoms with van der Waals surface area (Å²) in [6, 6.07) is 9.96. The molecule has 0 bridgehead atoms. The Bertz CT molecular complexity index is 704. The smallest absolute Gasteiger partial charge is 0.254 e. The second-order valence-corrected chi connectivity index (χ2v) is 4.56. The minimum Gasteiger partial charge on any atom is -0.346 e. The van der Waals surface area contributed by atoms with Crippen LogP contribution >= 0.6 is 0 Å². The van der Waals surface area contributed by atoms with Crippen molar-refractivity contribution in [1.29, 1.82) is 0 Å². The number of nitrogens with zero attached hydrogens (tertiary/aromatic N) is 4. The number of hydrogen-bond donors (Lipinski definition) is 2. The van der Waals surface area contributed by atoms with Crippen LogP contribution in [0.5, 0.6) is 0 Å². The molecule has 2 N–H and O–H groups in total. The summed E-state index contributed by atoms with van der Waals surface area (Å²) in [5.74, 6) is -0.183. The fourth-order valence-electron chi connectivity index (χ4n) is 1.92. The molecule has 0 saturated carbocycles. The highest BCUT2D eigenvalue weighted by atomic mass is 16.1. The van der Waals surface area contributed by atoms with E-state index in [-0.39, 0.29) is 5.91 Å². The van der Waals surface area contributed by atoms with Crippen LogP contribution in [0, 0.1) is 0 Å². The van der Waals surface area contributed by atoms with Gasteiger partial charge in [0.2, 0.25) is 0 Å². The average molecular weight is 282 g/mol. The maximum absolute atomic E-state index is 12.0. The molecule has 0 fully saturated rings. The Morgan fingerprint density at radius 1 is 1.24 bits per heavy atom. The number of nitrogens with one attached hydrogen (secondary N) is 2. The van der Waals surface area contributed by atoms with Gasteiger partial charge in [0.25, 0.3) is 5.91 Å². The van der Waals surface area contributed by atoms with E-state index in [4.69, 9.17) is 0 Å². The first-order chi connectivity index (χ1) is 10.3. The first-order valence-electron chi connectivity index (χ1n) is 6.50. The maximum Gasteiger partial charge on any atom is 0.254 e. The Kier molecular flexibility index (Phi) is 3.72. The lowest BCUT2D eigenvalue weighted by atomic mass is 10.2. The summed E-state index contributed by atoms with van der Waals surface area (Å²) in [5.41, 5.74) is 2.34. The number of benzene rings is 1. The highest BCUT2D eigenvalue weighted by Gasteiger charge is 2.09. The fraction of sp³-hybridized carbons (Fsp3) is 0.143. The van der Waals surface area contributed by atoms with E-state index in [1.807, 2.05) is 30.3 Å². The van der Waals surface area contributed by atoms with E-state index < -0.39 is 0 Å². The normalized spacial score (nSPS) is 10.5. The van der Waals surface area contributed by atoms with E-state index in [0.29, 0.717) is 24.3 Å². The molecule has 0 aliphatic carbocycles. The molecule has 7 heteroatoms. The Balaban J connectivity index is 1.60. The van der Waals surface area contributed by atoms with Gasteiger partial charge in [-0.3, -0.25) is 9.48 Å². The molecule has 0 aliphatic rings. The van der Waals surface area contributed by atoms with Crippen LogP contribution in [0.4, 0.5) is 0 Å². The third-order valence-electron chi connectivity index (χ3n) is 2.98. The van der Waals surface area contributed by atoms with E-state index >= 15 is 0 Å². The van der Waals surface area contributed by atoms with Crippen LogP contribution < -0.4 is 5.32 Å². The molecular weight excluding hydrogens is 268 g/mol. The van der Waals surface area contributed by atoms with Gasteiger partial charge in [0.05, 0.1) is 31.0 Å². The standard InChI is InChI=1S/C14H14N6O/c21-14(15-7-13-8-16-19-18-13)12-6-17-20(10-12)9-11-4-2-1-3-5-11/h1-6,8,10H,7,9H2,(H,15,21)(H,16,18,19). The lowest BCUT2D eigenvalue weighted by Crippen LogP contribution is -2.22. The molecule has 0 saturated heterocycles. The lowest BCUT2D eigenvalue weighted by molar-refractivity contribution is 0.0950. The molecule has 2 heterocycles. The quantitative estimate of drug-likeness (QED) is 0.730. The number of H-pyrrole nitrogens is 1. The monoisotopic (exact) mass is 282 g/mol. The molecule has 0 radical (unpaired) electrons. The molecule has 0 atom stereocenters. The summed E-state index contributed by atoms with van der Waals surface area (Å²) in [7, 11) is 0. The van der Waals surface area contributed by atoms with Gasteiger partial charge in [-0.2, -0.15) is 20.5 Å². The van der Waals surface area contributed by atoms with E-state index in [9.17, 15) is 4.79 Å². The molecule has 21 heavy (non-hydrogen) atoms. The Morgan fingerprint density at radius 2 is 2.10 bits per heavy atom. The highest BCUT2D eigenvalue weighted by Crippen LogP contribution is 2.04. The molecular formula is C14H14N6O. The van der Waals surface area contributed by atoms with Gasteiger partial charge in [0.15, 0.2) is 0 Å². The van der Waals surface area contributed by atoms with Crippen molar-refractivity contribution in [3.63, 3.8) is 0 Å². The minimum absolute atomic E-state index is 0.183. The fourth-order valence-corrected chi connectivity index (χ4v) is 1.92. The first kappa shape index (κ1) is 13.0. The van der Waals surface area contributed by atoms with Crippen LogP contribution in [0.3, 0.4) is 0 Å². The number of carbonyl (C=O) groups is 1. The second kappa shape index (κ2) is 6.00. The Hall–Kier alpha value is -2.96. The van der Waals surface area contributed by atoms with E-state index in [1.165, 1.54) is 0 Å². The van der Waals surface area contributed by atoms with Gasteiger partial charge in [0, 0.05) is 6.20 Å². The van der Waals surface area contributed by atoms with Crippen LogP contribution in [0.25, 0.3) is 0 Å². The molecule has 3 aromatic rings. The number of carbonyl (C=O) groups excluding carboxylic acids is 1. The van der Waals surface area contributed by atoms with Crippen molar-refractivity contribution in [2.45, 2.75) is 13.1 Å². The highest BCUT2D eigenvalue weighted by molar-refractivity contribution is 5.93. The van der Waals surface area contributed by atoms with Crippen molar-refractivity contribution >= 4 is 5.91 Å². The Labute approximate surface area is 121 Å². The number of amides is 1. The van der Waals surface area contributed by atoms with Gasteiger partial charge in [-0.25, -0.2) is 0 Å². The van der Waals surface area contributed by atoms with Crippen molar-refractivity contribution < 1.29 is 4.79 Å². The first-order valence-corrected chi connectivity index (χ1v) is 6.50. The van der Waals surface area contributed by atoms with Crippen LogP contribution in [0.15, 0.2) is 48.9 Å². The third kappa shape index (κ3) is 3.33. The van der Waals surface area contributed by atoms with Gasteiger partial charge >= 0.3 is 0 Å². The molecule has 0 spiro atoms. The predicted molar refractivity (Wildman–Crippen MR) is 75.3 cm³/mol. The van der Waals surface area contributed by atoms with Crippen molar-refractivity contribution in [2.24, 2.45) is 0 Å². The van der Waals surface area contributed by atoms with Crippen molar-refractivity contribution in [2.75, 3.05) is 0 Å². The summed E-state index contributed by atoms with van der Waals surface area (Å²) >= 11 is 0. The van der Waals surface area contributed by atoms with Crippen molar-refractivity contribution in [3.8, 4) is 0 Å². The molecule has 1 aromatic carbocycles. The van der Waals surface area contributed by atoms with Crippen LogP contribution in [-0.2, 0) is 13.1 Å². The van der Waals surface area contributed by atoms with Gasteiger partial charge in [-0.05, 0) is 5.56 Å². The van der Waals surface area contributed by atoms with E-state index in [2.05, 4.69) is 25.8 Å².